The molecule has 0 fully saturated rings. The Morgan fingerprint density at radius 2 is 1.11 bits per heavy atom. The van der Waals surface area contributed by atoms with Crippen molar-refractivity contribution in [1.82, 2.24) is 10.2 Å². The van der Waals surface area contributed by atoms with E-state index in [1.54, 1.807) is 0 Å². The van der Waals surface area contributed by atoms with Crippen LogP contribution in [-0.2, 0) is 0 Å². The van der Waals surface area contributed by atoms with E-state index in [0.29, 0.717) is 0 Å². The highest BCUT2D eigenvalue weighted by atomic mass is 15.1. The summed E-state index contributed by atoms with van der Waals surface area (Å²) in [6.45, 7) is 30.0. The summed E-state index contributed by atoms with van der Waals surface area (Å²) in [6, 6.07) is 8.01. The van der Waals surface area contributed by atoms with E-state index in [1.165, 1.54) is 0 Å². The average Bonchev–Trinajstić information content (AvgIpc) is 3.05. The predicted octanol–water partition coefficient (Wildman–Crippen LogP) is 5.57. The molecule has 0 aliphatic rings. The van der Waals surface area contributed by atoms with Gasteiger partial charge in [0.15, 0.2) is 0 Å². The first kappa shape index (κ1) is 25.3. The van der Waals surface area contributed by atoms with Crippen LogP contribution in [0.3, 0.4) is 0 Å². The Labute approximate surface area is 118 Å². The largest absolute Gasteiger partial charge is 0.278 e. The van der Waals surface area contributed by atoms with E-state index in [-0.39, 0.29) is 0 Å². The maximum Gasteiger partial charge on any atom is 0.0650 e. The minimum atomic E-state index is 1.09. The lowest BCUT2D eigenvalue weighted by molar-refractivity contribution is 1.12. The summed E-state index contributed by atoms with van der Waals surface area (Å²) in [5.41, 5.74) is 1.09. The number of aromatic amines is 1. The van der Waals surface area contributed by atoms with Crippen molar-refractivity contribution in [2.45, 2.75) is 0 Å². The number of H-pyrrole nitrogens is 1. The van der Waals surface area contributed by atoms with E-state index in [9.17, 15) is 0 Å². The molecule has 0 spiro atoms. The molecule has 19 heavy (non-hydrogen) atoms. The van der Waals surface area contributed by atoms with E-state index in [1.807, 2.05) is 30.5 Å². The van der Waals surface area contributed by atoms with Gasteiger partial charge in [-0.1, -0.05) is 18.2 Å². The van der Waals surface area contributed by atoms with E-state index < -0.39 is 0 Å². The Balaban J connectivity index is -0.0000000971. The molecule has 1 N–H and O–H groups in total. The summed E-state index contributed by atoms with van der Waals surface area (Å²) in [6.07, 6.45) is 1.81. The van der Waals surface area contributed by atoms with Crippen molar-refractivity contribution in [2.75, 3.05) is 0 Å². The molecule has 0 bridgehead atoms. The first-order chi connectivity index (χ1) is 9.47. The lowest BCUT2D eigenvalue weighted by Gasteiger charge is -1.81. The van der Waals surface area contributed by atoms with Crippen molar-refractivity contribution >= 4 is 10.9 Å². The van der Waals surface area contributed by atoms with Crippen molar-refractivity contribution in [3.05, 3.63) is 96.3 Å². The second-order valence-corrected chi connectivity index (χ2v) is 1.96. The number of fused-ring (bicyclic) bond motifs is 1. The number of nitrogens with zero attached hydrogens (tertiary/aromatic N) is 1. The molecule has 0 aliphatic heterocycles. The Kier molecular flexibility index (Phi) is 39.3. The molecule has 1 aromatic carbocycles. The van der Waals surface area contributed by atoms with Crippen LogP contribution >= 0.6 is 0 Å². The number of benzene rings is 1. The topological polar surface area (TPSA) is 28.7 Å². The van der Waals surface area contributed by atoms with Crippen molar-refractivity contribution < 1.29 is 0 Å². The SMILES string of the molecule is C=C.C=C.C=C.C=C.C=C.c1ccc2[nH]ncc2c1. The molecule has 1 heterocycles. The number of para-hydroxylation sites is 1. The van der Waals surface area contributed by atoms with Crippen molar-refractivity contribution in [3.63, 3.8) is 0 Å². The Morgan fingerprint density at radius 1 is 0.684 bits per heavy atom. The zero-order valence-corrected chi connectivity index (χ0v) is 11.9. The van der Waals surface area contributed by atoms with Gasteiger partial charge in [0, 0.05) is 5.39 Å². The van der Waals surface area contributed by atoms with Gasteiger partial charge in [-0.3, -0.25) is 5.10 Å². The molecule has 0 unspecified atom stereocenters. The molecule has 0 aliphatic carbocycles. The Bertz CT molecular complexity index is 338. The summed E-state index contributed by atoms with van der Waals surface area (Å²) >= 11 is 0. The monoisotopic (exact) mass is 258 g/mol. The highest BCUT2D eigenvalue weighted by Crippen LogP contribution is 2.06. The maximum absolute atomic E-state index is 3.88. The van der Waals surface area contributed by atoms with E-state index in [2.05, 4.69) is 76.0 Å². The van der Waals surface area contributed by atoms with E-state index in [0.717, 1.165) is 10.9 Å². The molecule has 0 saturated heterocycles. The molecule has 104 valence electrons. The van der Waals surface area contributed by atoms with Crippen molar-refractivity contribution in [3.8, 4) is 0 Å². The summed E-state index contributed by atoms with van der Waals surface area (Å²) < 4.78 is 0. The highest BCUT2D eigenvalue weighted by Gasteiger charge is 1.88. The van der Waals surface area contributed by atoms with Gasteiger partial charge < -0.3 is 0 Å². The third kappa shape index (κ3) is 13.3. The fourth-order valence-electron chi connectivity index (χ4n) is 0.883. The van der Waals surface area contributed by atoms with Crippen LogP contribution in [0.25, 0.3) is 10.9 Å². The minimum Gasteiger partial charge on any atom is -0.278 e. The Morgan fingerprint density at radius 3 is 1.53 bits per heavy atom. The zero-order valence-electron chi connectivity index (χ0n) is 11.9. The molecule has 0 amide bonds. The fourth-order valence-corrected chi connectivity index (χ4v) is 0.883. The lowest BCUT2D eigenvalue weighted by atomic mass is 10.3. The summed E-state index contributed by atoms with van der Waals surface area (Å²) in [5.74, 6) is 0. The maximum atomic E-state index is 3.88. The molecule has 1 aromatic heterocycles. The standard InChI is InChI=1S/C7H6N2.5C2H4/c1-2-4-7-6(3-1)5-8-9-7;5*1-2/h1-5H,(H,8,9);5*1-2H2. The molecule has 2 nitrogen and oxygen atoms in total. The molecular formula is C17H26N2. The van der Waals surface area contributed by atoms with Crippen LogP contribution in [0.15, 0.2) is 96.3 Å². The van der Waals surface area contributed by atoms with Crippen LogP contribution in [0, 0.1) is 0 Å². The summed E-state index contributed by atoms with van der Waals surface area (Å²) in [7, 11) is 0. The zero-order chi connectivity index (χ0) is 16.1. The number of hydrogen-bond donors (Lipinski definition) is 1. The van der Waals surface area contributed by atoms with Crippen LogP contribution in [0.5, 0.6) is 0 Å². The van der Waals surface area contributed by atoms with E-state index in [4.69, 9.17) is 0 Å². The van der Waals surface area contributed by atoms with Gasteiger partial charge in [0.25, 0.3) is 0 Å². The van der Waals surface area contributed by atoms with Gasteiger partial charge in [-0.15, -0.1) is 65.8 Å². The smallest absolute Gasteiger partial charge is 0.0650 e. The molecule has 0 saturated carbocycles. The van der Waals surface area contributed by atoms with Crippen molar-refractivity contribution in [1.29, 1.82) is 0 Å². The number of nitrogens with one attached hydrogen (secondary N) is 1. The normalized spacial score (nSPS) is 5.89. The third-order valence-corrected chi connectivity index (χ3v) is 1.35. The molecular weight excluding hydrogens is 232 g/mol. The third-order valence-electron chi connectivity index (χ3n) is 1.35. The Hall–Kier alpha value is -2.61. The van der Waals surface area contributed by atoms with Gasteiger partial charge in [-0.05, 0) is 6.07 Å². The van der Waals surface area contributed by atoms with Gasteiger partial charge in [0.1, 0.15) is 0 Å². The van der Waals surface area contributed by atoms with Gasteiger partial charge >= 0.3 is 0 Å². The van der Waals surface area contributed by atoms with Gasteiger partial charge in [0.05, 0.1) is 11.7 Å². The fraction of sp³-hybridized carbons (Fsp3) is 0. The van der Waals surface area contributed by atoms with Gasteiger partial charge in [-0.2, -0.15) is 5.10 Å². The molecule has 2 heteroatoms. The second-order valence-electron chi connectivity index (χ2n) is 1.96. The lowest BCUT2D eigenvalue weighted by Crippen LogP contribution is -1.63. The number of rotatable bonds is 0. The first-order valence-electron chi connectivity index (χ1n) is 5.35. The quantitative estimate of drug-likeness (QED) is 0.614. The van der Waals surface area contributed by atoms with Gasteiger partial charge in [-0.25, -0.2) is 0 Å². The summed E-state index contributed by atoms with van der Waals surface area (Å²) in [4.78, 5) is 0. The molecule has 0 atom stereocenters. The van der Waals surface area contributed by atoms with Crippen LogP contribution in [0.4, 0.5) is 0 Å². The number of aromatic nitrogens is 2. The second kappa shape index (κ2) is 29.5. The van der Waals surface area contributed by atoms with Crippen LogP contribution in [0.2, 0.25) is 0 Å². The predicted molar refractivity (Wildman–Crippen MR) is 92.4 cm³/mol. The van der Waals surface area contributed by atoms with Crippen LogP contribution < -0.4 is 0 Å². The molecule has 0 radical (unpaired) electrons. The van der Waals surface area contributed by atoms with Crippen LogP contribution in [-0.4, -0.2) is 10.2 Å². The average molecular weight is 258 g/mol. The van der Waals surface area contributed by atoms with Gasteiger partial charge in [0.2, 0.25) is 0 Å². The van der Waals surface area contributed by atoms with Crippen molar-refractivity contribution in [2.24, 2.45) is 0 Å². The van der Waals surface area contributed by atoms with E-state index >= 15 is 0 Å². The summed E-state index contributed by atoms with van der Waals surface area (Å²) in [5, 5.41) is 7.91. The number of hydrogen-bond acceptors (Lipinski definition) is 1. The minimum absolute atomic E-state index is 1.09. The first-order valence-corrected chi connectivity index (χ1v) is 5.35. The molecule has 2 rings (SSSR count). The molecule has 2 aromatic rings. The van der Waals surface area contributed by atoms with Crippen LogP contribution in [0.1, 0.15) is 0 Å². The highest BCUT2D eigenvalue weighted by molar-refractivity contribution is 5.77.